The van der Waals surface area contributed by atoms with Gasteiger partial charge in [0.2, 0.25) is 5.95 Å². The fourth-order valence-corrected chi connectivity index (χ4v) is 4.88. The number of carbonyl (C=O) groups is 1. The summed E-state index contributed by atoms with van der Waals surface area (Å²) >= 11 is 6.46. The lowest BCUT2D eigenvalue weighted by molar-refractivity contribution is -0.142. The van der Waals surface area contributed by atoms with Gasteiger partial charge in [-0.3, -0.25) is 9.20 Å². The van der Waals surface area contributed by atoms with Gasteiger partial charge in [-0.25, -0.2) is 15.0 Å². The van der Waals surface area contributed by atoms with Crippen LogP contribution in [0.15, 0.2) is 55.0 Å². The molecule has 192 valence electrons. The molecule has 37 heavy (non-hydrogen) atoms. The number of hydrogen-bond acceptors (Lipinski definition) is 7. The third-order valence-corrected chi connectivity index (χ3v) is 7.13. The zero-order valence-corrected chi connectivity index (χ0v) is 21.8. The van der Waals surface area contributed by atoms with Gasteiger partial charge >= 0.3 is 0 Å². The normalized spacial score (nSPS) is 15.1. The number of carbonyl (C=O) groups excluding carboxylic acids is 1. The maximum absolute atomic E-state index is 12.4. The van der Waals surface area contributed by atoms with Crippen molar-refractivity contribution in [2.24, 2.45) is 0 Å². The molecule has 10 heteroatoms. The zero-order valence-electron chi connectivity index (χ0n) is 21.0. The van der Waals surface area contributed by atoms with Gasteiger partial charge in [-0.1, -0.05) is 23.7 Å². The molecule has 1 aliphatic heterocycles. The van der Waals surface area contributed by atoms with Crippen LogP contribution in [0.1, 0.15) is 31.2 Å². The molecule has 1 aromatic carbocycles. The Morgan fingerprint density at radius 3 is 2.70 bits per heavy atom. The first-order valence-corrected chi connectivity index (χ1v) is 12.6. The van der Waals surface area contributed by atoms with Crippen molar-refractivity contribution in [2.45, 2.75) is 31.8 Å². The molecule has 3 aromatic heterocycles. The van der Waals surface area contributed by atoms with Crippen LogP contribution in [-0.2, 0) is 9.53 Å². The van der Waals surface area contributed by atoms with E-state index >= 15 is 0 Å². The van der Waals surface area contributed by atoms with Crippen molar-refractivity contribution in [1.29, 1.82) is 0 Å². The molecule has 1 amide bonds. The number of halogens is 1. The van der Waals surface area contributed by atoms with Crippen molar-refractivity contribution in [3.8, 4) is 17.1 Å². The van der Waals surface area contributed by atoms with Gasteiger partial charge < -0.3 is 19.7 Å². The molecule has 1 N–H and O–H groups in total. The van der Waals surface area contributed by atoms with E-state index in [9.17, 15) is 4.79 Å². The molecule has 0 spiro atoms. The third kappa shape index (κ3) is 5.10. The number of aromatic nitrogens is 4. The van der Waals surface area contributed by atoms with Crippen molar-refractivity contribution in [3.05, 3.63) is 65.6 Å². The molecule has 0 saturated carbocycles. The molecule has 4 aromatic rings. The molecule has 1 fully saturated rings. The second kappa shape index (κ2) is 10.7. The number of anilines is 2. The molecule has 1 saturated heterocycles. The maximum atomic E-state index is 12.4. The lowest BCUT2D eigenvalue weighted by Gasteiger charge is -2.33. The van der Waals surface area contributed by atoms with Gasteiger partial charge in [0.05, 0.1) is 35.9 Å². The standard InChI is InChI=1S/C27H29ClN6O3/c1-17(36-2)26(35)33-12-9-18(10-13-33)19-7-8-21(23(14-19)37-3)31-27-30-15-20(28)25(32-27)22-16-29-24-6-4-5-11-34(22)24/h4-8,11,14-18H,9-10,12-13H2,1-3H3,(H,30,31,32)/t17-/m1/s1. The molecule has 0 aliphatic carbocycles. The molecule has 4 heterocycles. The van der Waals surface area contributed by atoms with E-state index in [0.717, 1.165) is 29.9 Å². The monoisotopic (exact) mass is 520 g/mol. The number of imidazole rings is 1. The van der Waals surface area contributed by atoms with Gasteiger partial charge in [0.15, 0.2) is 0 Å². The second-order valence-corrected chi connectivity index (χ2v) is 9.43. The molecule has 0 unspecified atom stereocenters. The third-order valence-electron chi connectivity index (χ3n) is 6.86. The van der Waals surface area contributed by atoms with Crippen LogP contribution in [0.2, 0.25) is 5.02 Å². The van der Waals surface area contributed by atoms with E-state index in [1.807, 2.05) is 45.8 Å². The van der Waals surface area contributed by atoms with Crippen LogP contribution < -0.4 is 10.1 Å². The summed E-state index contributed by atoms with van der Waals surface area (Å²) in [7, 11) is 3.21. The summed E-state index contributed by atoms with van der Waals surface area (Å²) in [6.07, 6.45) is 6.61. The first-order chi connectivity index (χ1) is 18.0. The van der Waals surface area contributed by atoms with Crippen molar-refractivity contribution in [3.63, 3.8) is 0 Å². The quantitative estimate of drug-likeness (QED) is 0.369. The van der Waals surface area contributed by atoms with E-state index in [4.69, 9.17) is 21.1 Å². The molecule has 0 radical (unpaired) electrons. The molecular formula is C27H29ClN6O3. The average Bonchev–Trinajstić information content (AvgIpc) is 3.37. The second-order valence-electron chi connectivity index (χ2n) is 9.02. The Balaban J connectivity index is 1.33. The van der Waals surface area contributed by atoms with Crippen LogP contribution in [0.3, 0.4) is 0 Å². The molecule has 9 nitrogen and oxygen atoms in total. The average molecular weight is 521 g/mol. The Morgan fingerprint density at radius 1 is 1.14 bits per heavy atom. The van der Waals surface area contributed by atoms with Crippen molar-refractivity contribution in [1.82, 2.24) is 24.3 Å². The highest BCUT2D eigenvalue weighted by Crippen LogP contribution is 2.35. The van der Waals surface area contributed by atoms with Crippen LogP contribution in [0.25, 0.3) is 17.0 Å². The number of piperidine rings is 1. The van der Waals surface area contributed by atoms with Gasteiger partial charge in [-0.05, 0) is 55.5 Å². The highest BCUT2D eigenvalue weighted by Gasteiger charge is 2.27. The number of pyridine rings is 1. The Hall–Kier alpha value is -3.69. The number of benzene rings is 1. The van der Waals surface area contributed by atoms with Crippen LogP contribution in [0.4, 0.5) is 11.6 Å². The van der Waals surface area contributed by atoms with Crippen LogP contribution in [-0.4, -0.2) is 63.6 Å². The van der Waals surface area contributed by atoms with Gasteiger partial charge in [0.25, 0.3) is 5.91 Å². The first kappa shape index (κ1) is 25.0. The van der Waals surface area contributed by atoms with Gasteiger partial charge in [-0.2, -0.15) is 0 Å². The minimum Gasteiger partial charge on any atom is -0.495 e. The predicted octanol–water partition coefficient (Wildman–Crippen LogP) is 4.94. The summed E-state index contributed by atoms with van der Waals surface area (Å²) < 4.78 is 12.8. The van der Waals surface area contributed by atoms with Crippen molar-refractivity contribution < 1.29 is 14.3 Å². The number of amides is 1. The lowest BCUT2D eigenvalue weighted by atomic mass is 9.89. The van der Waals surface area contributed by atoms with E-state index in [2.05, 4.69) is 26.3 Å². The zero-order chi connectivity index (χ0) is 25.9. The van der Waals surface area contributed by atoms with Crippen LogP contribution in [0.5, 0.6) is 5.75 Å². The van der Waals surface area contributed by atoms with Crippen molar-refractivity contribution in [2.75, 3.05) is 32.6 Å². The van der Waals surface area contributed by atoms with E-state index in [1.54, 1.807) is 33.5 Å². The molecule has 1 aliphatic rings. The largest absolute Gasteiger partial charge is 0.495 e. The van der Waals surface area contributed by atoms with Crippen molar-refractivity contribution >= 4 is 34.8 Å². The molecule has 1 atom stereocenters. The maximum Gasteiger partial charge on any atom is 0.251 e. The summed E-state index contributed by atoms with van der Waals surface area (Å²) in [4.78, 5) is 27.8. The minimum atomic E-state index is -0.412. The number of hydrogen-bond donors (Lipinski definition) is 1. The fourth-order valence-electron chi connectivity index (χ4n) is 4.69. The number of nitrogens with one attached hydrogen (secondary N) is 1. The van der Waals surface area contributed by atoms with E-state index in [0.29, 0.717) is 41.4 Å². The minimum absolute atomic E-state index is 0.0457. The summed E-state index contributed by atoms with van der Waals surface area (Å²) in [6, 6.07) is 11.9. The SMILES string of the molecule is COc1cc(C2CCN(C(=O)[C@@H](C)OC)CC2)ccc1Nc1ncc(Cl)c(-c2cnc3ccccn23)n1. The smallest absolute Gasteiger partial charge is 0.251 e. The number of fused-ring (bicyclic) bond motifs is 1. The number of methoxy groups -OCH3 is 2. The molecule has 0 bridgehead atoms. The molecule has 5 rings (SSSR count). The predicted molar refractivity (Wildman–Crippen MR) is 143 cm³/mol. The number of ether oxygens (including phenoxy) is 2. The Labute approximate surface area is 220 Å². The van der Waals surface area contributed by atoms with Crippen LogP contribution >= 0.6 is 11.6 Å². The Bertz CT molecular complexity index is 1420. The summed E-state index contributed by atoms with van der Waals surface area (Å²) in [5.41, 5.74) is 4.09. The first-order valence-electron chi connectivity index (χ1n) is 12.2. The number of rotatable bonds is 7. The topological polar surface area (TPSA) is 93.9 Å². The van der Waals surface area contributed by atoms with Crippen LogP contribution in [0, 0.1) is 0 Å². The van der Waals surface area contributed by atoms with Gasteiger partial charge in [0, 0.05) is 26.4 Å². The van der Waals surface area contributed by atoms with Gasteiger partial charge in [-0.15, -0.1) is 0 Å². The fraction of sp³-hybridized carbons (Fsp3) is 0.333. The highest BCUT2D eigenvalue weighted by atomic mass is 35.5. The number of nitrogens with zero attached hydrogens (tertiary/aromatic N) is 5. The van der Waals surface area contributed by atoms with Gasteiger partial charge in [0.1, 0.15) is 23.2 Å². The highest BCUT2D eigenvalue weighted by molar-refractivity contribution is 6.32. The number of likely N-dealkylation sites (tertiary alicyclic amines) is 1. The summed E-state index contributed by atoms with van der Waals surface area (Å²) in [5.74, 6) is 1.48. The van der Waals surface area contributed by atoms with E-state index < -0.39 is 6.10 Å². The van der Waals surface area contributed by atoms with E-state index in [-0.39, 0.29) is 5.91 Å². The Kier molecular flexibility index (Phi) is 7.25. The lowest BCUT2D eigenvalue weighted by Crippen LogP contribution is -2.43. The van der Waals surface area contributed by atoms with E-state index in [1.165, 1.54) is 5.56 Å². The summed E-state index contributed by atoms with van der Waals surface area (Å²) in [6.45, 7) is 3.21. The molecular weight excluding hydrogens is 492 g/mol. The Morgan fingerprint density at radius 2 is 1.95 bits per heavy atom. The summed E-state index contributed by atoms with van der Waals surface area (Å²) in [5, 5.41) is 3.70.